The monoisotopic (exact) mass is 227 g/mol. The molecule has 0 atom stereocenters. The minimum Gasteiger partial charge on any atom is -0.347 e. The van der Waals surface area contributed by atoms with E-state index >= 15 is 0 Å². The van der Waals surface area contributed by atoms with Gasteiger partial charge in [0.1, 0.15) is 0 Å². The Morgan fingerprint density at radius 1 is 1.12 bits per heavy atom. The normalized spacial score (nSPS) is 19.1. The van der Waals surface area contributed by atoms with Crippen molar-refractivity contribution in [3.63, 3.8) is 0 Å². The third-order valence-electron chi connectivity index (χ3n) is 4.30. The third kappa shape index (κ3) is 1.69. The lowest BCUT2D eigenvalue weighted by Gasteiger charge is -2.14. The molecule has 1 nitrogen and oxygen atoms in total. The average Bonchev–Trinajstić information content (AvgIpc) is 2.64. The van der Waals surface area contributed by atoms with E-state index in [0.29, 0.717) is 0 Å². The molecule has 0 fully saturated rings. The first-order valence-corrected chi connectivity index (χ1v) is 6.82. The average molecular weight is 227 g/mol. The van der Waals surface area contributed by atoms with Crippen molar-refractivity contribution in [2.75, 3.05) is 0 Å². The first-order valence-electron chi connectivity index (χ1n) is 6.82. The second-order valence-corrected chi connectivity index (χ2v) is 5.32. The second kappa shape index (κ2) is 4.21. The minimum absolute atomic E-state index is 1.20. The topological polar surface area (TPSA) is 4.93 Å². The smallest absolute Gasteiger partial charge is 0.0471 e. The molecule has 1 heteroatoms. The highest BCUT2D eigenvalue weighted by Crippen LogP contribution is 2.34. The summed E-state index contributed by atoms with van der Waals surface area (Å²) in [5, 5.41) is 0. The van der Waals surface area contributed by atoms with Gasteiger partial charge in [0.2, 0.25) is 0 Å². The van der Waals surface area contributed by atoms with Gasteiger partial charge in [-0.05, 0) is 62.1 Å². The number of rotatable bonds is 1. The van der Waals surface area contributed by atoms with Gasteiger partial charge in [0.25, 0.3) is 0 Å². The van der Waals surface area contributed by atoms with Gasteiger partial charge in [-0.25, -0.2) is 0 Å². The predicted octanol–water partition coefficient (Wildman–Crippen LogP) is 3.95. The summed E-state index contributed by atoms with van der Waals surface area (Å²) in [5.41, 5.74) is 7.82. The maximum atomic E-state index is 2.47. The zero-order chi connectivity index (χ0) is 11.8. The summed E-state index contributed by atoms with van der Waals surface area (Å²) in [6.07, 6.45) is 14.5. The molecule has 0 saturated heterocycles. The van der Waals surface area contributed by atoms with Gasteiger partial charge < -0.3 is 4.57 Å². The first-order chi connectivity index (χ1) is 8.29. The molecule has 0 spiro atoms. The molecule has 0 unspecified atom stereocenters. The highest BCUT2D eigenvalue weighted by Gasteiger charge is 2.22. The Labute approximate surface area is 104 Å². The molecule has 2 aliphatic carbocycles. The van der Waals surface area contributed by atoms with Crippen LogP contribution in [0.4, 0.5) is 0 Å². The molecule has 0 amide bonds. The van der Waals surface area contributed by atoms with Crippen molar-refractivity contribution < 1.29 is 0 Å². The third-order valence-corrected chi connectivity index (χ3v) is 4.30. The minimum atomic E-state index is 1.20. The standard InChI is InChI=1S/C16H21N/c1-12-14-10-6-7-11-15(14)17(2)16(12)13-8-4-3-5-9-13/h3-4,8H,5-7,9-11H2,1-2H3. The number of allylic oxidation sites excluding steroid dienone is 4. The van der Waals surface area contributed by atoms with Crippen molar-refractivity contribution >= 4 is 5.57 Å². The SMILES string of the molecule is Cc1c2c(n(C)c1C1=CC=CCC1)CCCC2. The molecule has 1 aromatic heterocycles. The highest BCUT2D eigenvalue weighted by molar-refractivity contribution is 5.70. The molecule has 0 bridgehead atoms. The number of aromatic nitrogens is 1. The summed E-state index contributed by atoms with van der Waals surface area (Å²) < 4.78 is 2.47. The van der Waals surface area contributed by atoms with Crippen LogP contribution in [0.15, 0.2) is 18.2 Å². The molecule has 0 radical (unpaired) electrons. The number of fused-ring (bicyclic) bond motifs is 1. The van der Waals surface area contributed by atoms with E-state index in [-0.39, 0.29) is 0 Å². The molecule has 0 N–H and O–H groups in total. The summed E-state index contributed by atoms with van der Waals surface area (Å²) >= 11 is 0. The molecular weight excluding hydrogens is 206 g/mol. The van der Waals surface area contributed by atoms with Crippen molar-refractivity contribution in [3.8, 4) is 0 Å². The van der Waals surface area contributed by atoms with Crippen LogP contribution in [-0.4, -0.2) is 4.57 Å². The first kappa shape index (κ1) is 10.9. The lowest BCUT2D eigenvalue weighted by Crippen LogP contribution is -2.06. The van der Waals surface area contributed by atoms with E-state index < -0.39 is 0 Å². The molecule has 3 rings (SSSR count). The summed E-state index contributed by atoms with van der Waals surface area (Å²) in [5.74, 6) is 0. The van der Waals surface area contributed by atoms with Crippen LogP contribution in [-0.2, 0) is 19.9 Å². The molecule has 0 saturated carbocycles. The summed E-state index contributed by atoms with van der Waals surface area (Å²) in [6, 6.07) is 0. The summed E-state index contributed by atoms with van der Waals surface area (Å²) in [6.45, 7) is 2.32. The number of hydrogen-bond donors (Lipinski definition) is 0. The largest absolute Gasteiger partial charge is 0.347 e. The van der Waals surface area contributed by atoms with Crippen molar-refractivity contribution in [1.82, 2.24) is 4.57 Å². The van der Waals surface area contributed by atoms with Crippen LogP contribution in [0, 0.1) is 6.92 Å². The van der Waals surface area contributed by atoms with Gasteiger partial charge >= 0.3 is 0 Å². The van der Waals surface area contributed by atoms with Gasteiger partial charge in [0, 0.05) is 18.4 Å². The molecule has 90 valence electrons. The van der Waals surface area contributed by atoms with Crippen LogP contribution in [0.2, 0.25) is 0 Å². The molecule has 1 aromatic rings. The quantitative estimate of drug-likeness (QED) is 0.684. The van der Waals surface area contributed by atoms with E-state index in [9.17, 15) is 0 Å². The molecule has 0 aromatic carbocycles. The maximum absolute atomic E-state index is 2.47. The Morgan fingerprint density at radius 3 is 2.65 bits per heavy atom. The maximum Gasteiger partial charge on any atom is 0.0471 e. The fourth-order valence-corrected chi connectivity index (χ4v) is 3.45. The lowest BCUT2D eigenvalue weighted by molar-refractivity contribution is 0.646. The van der Waals surface area contributed by atoms with E-state index in [4.69, 9.17) is 0 Å². The summed E-state index contributed by atoms with van der Waals surface area (Å²) in [7, 11) is 2.26. The van der Waals surface area contributed by atoms with E-state index in [1.807, 2.05) is 0 Å². The Morgan fingerprint density at radius 2 is 1.94 bits per heavy atom. The fourth-order valence-electron chi connectivity index (χ4n) is 3.45. The van der Waals surface area contributed by atoms with Gasteiger partial charge in [-0.3, -0.25) is 0 Å². The van der Waals surface area contributed by atoms with Gasteiger partial charge in [-0.1, -0.05) is 18.2 Å². The molecule has 2 aliphatic rings. The highest BCUT2D eigenvalue weighted by atomic mass is 15.0. The van der Waals surface area contributed by atoms with E-state index in [1.165, 1.54) is 49.8 Å². The van der Waals surface area contributed by atoms with Crippen LogP contribution in [0.25, 0.3) is 5.57 Å². The zero-order valence-electron chi connectivity index (χ0n) is 10.9. The van der Waals surface area contributed by atoms with Crippen molar-refractivity contribution in [2.45, 2.75) is 45.4 Å². The number of nitrogens with zero attached hydrogens (tertiary/aromatic N) is 1. The van der Waals surface area contributed by atoms with Crippen LogP contribution in [0.3, 0.4) is 0 Å². The van der Waals surface area contributed by atoms with Gasteiger partial charge in [-0.15, -0.1) is 0 Å². The Hall–Kier alpha value is -1.24. The summed E-state index contributed by atoms with van der Waals surface area (Å²) in [4.78, 5) is 0. The van der Waals surface area contributed by atoms with Crippen LogP contribution >= 0.6 is 0 Å². The van der Waals surface area contributed by atoms with E-state index in [0.717, 1.165) is 0 Å². The van der Waals surface area contributed by atoms with Crippen LogP contribution < -0.4 is 0 Å². The molecule has 0 aliphatic heterocycles. The van der Waals surface area contributed by atoms with E-state index in [1.54, 1.807) is 16.8 Å². The molecule has 17 heavy (non-hydrogen) atoms. The number of hydrogen-bond acceptors (Lipinski definition) is 0. The van der Waals surface area contributed by atoms with Crippen LogP contribution in [0.1, 0.15) is 48.2 Å². The zero-order valence-corrected chi connectivity index (χ0v) is 10.9. The fraction of sp³-hybridized carbons (Fsp3) is 0.500. The van der Waals surface area contributed by atoms with Gasteiger partial charge in [0.05, 0.1) is 0 Å². The van der Waals surface area contributed by atoms with Gasteiger partial charge in [0.15, 0.2) is 0 Å². The van der Waals surface area contributed by atoms with E-state index in [2.05, 4.69) is 36.8 Å². The van der Waals surface area contributed by atoms with Crippen molar-refractivity contribution in [3.05, 3.63) is 40.7 Å². The Balaban J connectivity index is 2.13. The lowest BCUT2D eigenvalue weighted by atomic mass is 9.93. The van der Waals surface area contributed by atoms with Crippen molar-refractivity contribution in [1.29, 1.82) is 0 Å². The molecular formula is C16H21N. The Kier molecular flexibility index (Phi) is 2.70. The predicted molar refractivity (Wildman–Crippen MR) is 73.1 cm³/mol. The Bertz CT molecular complexity index is 471. The van der Waals surface area contributed by atoms with Crippen molar-refractivity contribution in [2.24, 2.45) is 7.05 Å². The molecule has 1 heterocycles. The second-order valence-electron chi connectivity index (χ2n) is 5.32. The van der Waals surface area contributed by atoms with Crippen LogP contribution in [0.5, 0.6) is 0 Å². The van der Waals surface area contributed by atoms with Gasteiger partial charge in [-0.2, -0.15) is 0 Å².